The van der Waals surface area contributed by atoms with Gasteiger partial charge in [-0.3, -0.25) is 9.47 Å². The molecule has 0 amide bonds. The van der Waals surface area contributed by atoms with Crippen LogP contribution in [0.25, 0.3) is 17.1 Å². The lowest BCUT2D eigenvalue weighted by molar-refractivity contribution is 0.0210. The van der Waals surface area contributed by atoms with E-state index in [4.69, 9.17) is 22.1 Å². The van der Waals surface area contributed by atoms with Crippen molar-refractivity contribution in [2.24, 2.45) is 0 Å². The number of hydrogen-bond donors (Lipinski definition) is 0. The fourth-order valence-corrected chi connectivity index (χ4v) is 3.32. The number of halogens is 1. The highest BCUT2D eigenvalue weighted by atomic mass is 32.1. The van der Waals surface area contributed by atoms with Crippen LogP contribution in [0.1, 0.15) is 0 Å². The van der Waals surface area contributed by atoms with Crippen molar-refractivity contribution < 1.29 is 9.13 Å². The Morgan fingerprint density at radius 3 is 2.38 bits per heavy atom. The summed E-state index contributed by atoms with van der Waals surface area (Å²) in [6.45, 7) is 3.75. The molecule has 26 heavy (non-hydrogen) atoms. The number of hydrogen-bond acceptors (Lipinski definition) is 4. The highest BCUT2D eigenvalue weighted by Crippen LogP contribution is 2.23. The maximum absolute atomic E-state index is 13.4. The fourth-order valence-electron chi connectivity index (χ4n) is 3.03. The first-order chi connectivity index (χ1) is 12.7. The molecule has 0 N–H and O–H groups in total. The van der Waals surface area contributed by atoms with E-state index in [-0.39, 0.29) is 5.82 Å². The van der Waals surface area contributed by atoms with Crippen LogP contribution in [0.3, 0.4) is 0 Å². The molecule has 5 nitrogen and oxygen atoms in total. The summed E-state index contributed by atoms with van der Waals surface area (Å²) in [6.07, 6.45) is 0. The van der Waals surface area contributed by atoms with E-state index in [1.165, 1.54) is 12.1 Å². The molecule has 0 spiro atoms. The van der Waals surface area contributed by atoms with Crippen LogP contribution in [0.2, 0.25) is 0 Å². The summed E-state index contributed by atoms with van der Waals surface area (Å²) in [5, 5.41) is 4.77. The van der Waals surface area contributed by atoms with E-state index in [2.05, 4.69) is 4.90 Å². The molecule has 2 aromatic carbocycles. The van der Waals surface area contributed by atoms with Crippen molar-refractivity contribution in [1.29, 1.82) is 0 Å². The zero-order valence-corrected chi connectivity index (χ0v) is 15.0. The summed E-state index contributed by atoms with van der Waals surface area (Å²) in [5.74, 6) is 0.470. The number of nitrogens with zero attached hydrogens (tertiary/aromatic N) is 4. The molecule has 1 fully saturated rings. The molecule has 1 saturated heterocycles. The molecule has 0 aliphatic carbocycles. The number of ether oxygens (including phenoxy) is 1. The van der Waals surface area contributed by atoms with Crippen molar-refractivity contribution in [3.63, 3.8) is 0 Å². The Morgan fingerprint density at radius 2 is 1.69 bits per heavy atom. The molecule has 4 rings (SSSR count). The third-order valence-corrected chi connectivity index (χ3v) is 4.79. The van der Waals surface area contributed by atoms with Crippen molar-refractivity contribution in [3.05, 3.63) is 65.2 Å². The predicted molar refractivity (Wildman–Crippen MR) is 100 cm³/mol. The number of benzene rings is 2. The molecule has 1 aromatic heterocycles. The first-order valence-corrected chi connectivity index (χ1v) is 8.94. The van der Waals surface area contributed by atoms with Gasteiger partial charge in [-0.1, -0.05) is 30.3 Å². The van der Waals surface area contributed by atoms with Gasteiger partial charge >= 0.3 is 0 Å². The Morgan fingerprint density at radius 1 is 1.00 bits per heavy atom. The van der Waals surface area contributed by atoms with Gasteiger partial charge in [-0.15, -0.1) is 5.10 Å². The van der Waals surface area contributed by atoms with Crippen LogP contribution in [0.5, 0.6) is 0 Å². The van der Waals surface area contributed by atoms with Gasteiger partial charge in [-0.05, 0) is 36.5 Å². The Labute approximate surface area is 156 Å². The Bertz CT molecular complexity index is 930. The second-order valence-corrected chi connectivity index (χ2v) is 6.52. The van der Waals surface area contributed by atoms with Gasteiger partial charge in [0.2, 0.25) is 4.77 Å². The number of aromatic nitrogens is 3. The van der Waals surface area contributed by atoms with Crippen LogP contribution in [0, 0.1) is 10.6 Å². The second-order valence-electron chi connectivity index (χ2n) is 6.16. The molecule has 0 saturated carbocycles. The van der Waals surface area contributed by atoms with Gasteiger partial charge in [0.05, 0.1) is 25.6 Å². The minimum atomic E-state index is -0.276. The topological polar surface area (TPSA) is 35.2 Å². The average Bonchev–Trinajstić information content (AvgIpc) is 3.00. The van der Waals surface area contributed by atoms with Gasteiger partial charge in [0.15, 0.2) is 5.82 Å². The van der Waals surface area contributed by atoms with Gasteiger partial charge in [-0.25, -0.2) is 9.07 Å². The maximum Gasteiger partial charge on any atom is 0.204 e. The van der Waals surface area contributed by atoms with Crippen molar-refractivity contribution in [3.8, 4) is 17.1 Å². The van der Waals surface area contributed by atoms with Gasteiger partial charge in [0.25, 0.3) is 0 Å². The van der Waals surface area contributed by atoms with E-state index in [0.717, 1.165) is 43.4 Å². The van der Waals surface area contributed by atoms with Crippen LogP contribution >= 0.6 is 12.2 Å². The van der Waals surface area contributed by atoms with E-state index < -0.39 is 0 Å². The number of morpholine rings is 1. The summed E-state index contributed by atoms with van der Waals surface area (Å²) >= 11 is 5.71. The zero-order valence-electron chi connectivity index (χ0n) is 14.2. The molecule has 7 heteroatoms. The smallest absolute Gasteiger partial charge is 0.204 e. The van der Waals surface area contributed by atoms with E-state index in [0.29, 0.717) is 11.4 Å². The summed E-state index contributed by atoms with van der Waals surface area (Å²) in [4.78, 5) is 2.26. The molecule has 3 aromatic rings. The quantitative estimate of drug-likeness (QED) is 0.659. The lowest BCUT2D eigenvalue weighted by Gasteiger charge is -2.26. The van der Waals surface area contributed by atoms with E-state index in [9.17, 15) is 4.39 Å². The minimum Gasteiger partial charge on any atom is -0.379 e. The second kappa shape index (κ2) is 7.49. The molecule has 1 aliphatic heterocycles. The van der Waals surface area contributed by atoms with Crippen LogP contribution in [-0.4, -0.2) is 45.6 Å². The highest BCUT2D eigenvalue weighted by molar-refractivity contribution is 7.71. The van der Waals surface area contributed by atoms with Crippen molar-refractivity contribution >= 4 is 12.2 Å². The van der Waals surface area contributed by atoms with Gasteiger partial charge in [0.1, 0.15) is 5.82 Å². The Kier molecular flexibility index (Phi) is 4.92. The summed E-state index contributed by atoms with van der Waals surface area (Å²) in [5.41, 5.74) is 1.76. The standard InChI is InChI=1S/C19H19FN4OS/c20-16-6-8-17(9-7-16)24-18(15-4-2-1-3-5-15)21-23(19(24)26)14-22-10-12-25-13-11-22/h1-9H,10-14H2. The van der Waals surface area contributed by atoms with E-state index >= 15 is 0 Å². The first kappa shape index (κ1) is 17.1. The van der Waals surface area contributed by atoms with E-state index in [1.807, 2.05) is 39.6 Å². The monoisotopic (exact) mass is 370 g/mol. The summed E-state index contributed by atoms with van der Waals surface area (Å²) in [7, 11) is 0. The average molecular weight is 370 g/mol. The minimum absolute atomic E-state index is 0.276. The largest absolute Gasteiger partial charge is 0.379 e. The predicted octanol–water partition coefficient (Wildman–Crippen LogP) is 3.50. The SMILES string of the molecule is Fc1ccc(-n2c(-c3ccccc3)nn(CN3CCOCC3)c2=S)cc1. The van der Waals surface area contributed by atoms with Crippen molar-refractivity contribution in [1.82, 2.24) is 19.2 Å². The van der Waals surface area contributed by atoms with Crippen LogP contribution in [0.4, 0.5) is 4.39 Å². The van der Waals surface area contributed by atoms with Crippen LogP contribution in [-0.2, 0) is 11.4 Å². The highest BCUT2D eigenvalue weighted by Gasteiger charge is 2.17. The molecule has 1 aliphatic rings. The molecule has 134 valence electrons. The third kappa shape index (κ3) is 3.46. The molecule has 0 unspecified atom stereocenters. The Hall–Kier alpha value is -2.35. The van der Waals surface area contributed by atoms with Crippen LogP contribution in [0.15, 0.2) is 54.6 Å². The molecule has 0 atom stereocenters. The normalized spacial score (nSPS) is 15.3. The lowest BCUT2D eigenvalue weighted by atomic mass is 10.2. The molecular formula is C19H19FN4OS. The van der Waals surface area contributed by atoms with E-state index in [1.54, 1.807) is 12.1 Å². The number of rotatable bonds is 4. The summed E-state index contributed by atoms with van der Waals surface area (Å²) < 4.78 is 23.1. The zero-order chi connectivity index (χ0) is 17.9. The summed E-state index contributed by atoms with van der Waals surface area (Å²) in [6, 6.07) is 16.2. The van der Waals surface area contributed by atoms with Crippen molar-refractivity contribution in [2.45, 2.75) is 6.67 Å². The molecule has 0 radical (unpaired) electrons. The Balaban J connectivity index is 1.79. The fraction of sp³-hybridized carbons (Fsp3) is 0.263. The molecule has 0 bridgehead atoms. The lowest BCUT2D eigenvalue weighted by Crippen LogP contribution is -2.37. The molecule has 2 heterocycles. The van der Waals surface area contributed by atoms with Gasteiger partial charge in [0, 0.05) is 18.7 Å². The molecular weight excluding hydrogens is 351 g/mol. The van der Waals surface area contributed by atoms with Gasteiger partial charge in [-0.2, -0.15) is 0 Å². The first-order valence-electron chi connectivity index (χ1n) is 8.54. The third-order valence-electron chi connectivity index (χ3n) is 4.39. The maximum atomic E-state index is 13.4. The van der Waals surface area contributed by atoms with Crippen LogP contribution < -0.4 is 0 Å². The van der Waals surface area contributed by atoms with Gasteiger partial charge < -0.3 is 4.74 Å². The van der Waals surface area contributed by atoms with Crippen molar-refractivity contribution in [2.75, 3.05) is 26.3 Å².